The van der Waals surface area contributed by atoms with Crippen molar-refractivity contribution in [3.05, 3.63) is 0 Å². The lowest BCUT2D eigenvalue weighted by atomic mass is 10.1. The SMILES string of the molecule is CCC(C)OP(=O)(O)CCN(C(=O)OC(C)(C)C)C1CCNCC1. The molecule has 0 aromatic carbocycles. The molecule has 0 bridgehead atoms. The molecule has 1 heterocycles. The fourth-order valence-corrected chi connectivity index (χ4v) is 3.79. The second kappa shape index (κ2) is 9.18. The Bertz CT molecular complexity index is 446. The van der Waals surface area contributed by atoms with Gasteiger partial charge in [-0.2, -0.15) is 0 Å². The maximum absolute atomic E-state index is 12.5. The van der Waals surface area contributed by atoms with E-state index >= 15 is 0 Å². The highest BCUT2D eigenvalue weighted by molar-refractivity contribution is 7.52. The Balaban J connectivity index is 2.74. The number of ether oxygens (including phenoxy) is 1. The van der Waals surface area contributed by atoms with Crippen LogP contribution in [-0.2, 0) is 13.8 Å². The van der Waals surface area contributed by atoms with Gasteiger partial charge in [-0.15, -0.1) is 0 Å². The zero-order valence-corrected chi connectivity index (χ0v) is 16.5. The average Bonchev–Trinajstić information content (AvgIpc) is 2.46. The Morgan fingerprint density at radius 2 is 1.96 bits per heavy atom. The predicted molar refractivity (Wildman–Crippen MR) is 94.4 cm³/mol. The standard InChI is InChI=1S/C16H33N2O5P/c1-6-13(2)23-24(20,21)12-11-18(14-7-9-17-10-8-14)15(19)22-16(3,4)5/h13-14,17H,6-12H2,1-5H3,(H,20,21). The largest absolute Gasteiger partial charge is 0.444 e. The molecule has 0 saturated carbocycles. The van der Waals surface area contributed by atoms with Crippen molar-refractivity contribution >= 4 is 13.7 Å². The van der Waals surface area contributed by atoms with E-state index in [1.165, 1.54) is 0 Å². The fourth-order valence-electron chi connectivity index (χ4n) is 2.50. The van der Waals surface area contributed by atoms with E-state index in [2.05, 4.69) is 5.32 Å². The monoisotopic (exact) mass is 364 g/mol. The van der Waals surface area contributed by atoms with Crippen molar-refractivity contribution in [3.8, 4) is 0 Å². The second-order valence-electron chi connectivity index (χ2n) is 7.34. The van der Waals surface area contributed by atoms with Crippen LogP contribution in [-0.4, -0.2) is 59.4 Å². The molecular formula is C16H33N2O5P. The molecule has 7 nitrogen and oxygen atoms in total. The van der Waals surface area contributed by atoms with Crippen molar-refractivity contribution in [1.29, 1.82) is 0 Å². The normalized spacial score (nSPS) is 20.2. The van der Waals surface area contributed by atoms with Gasteiger partial charge in [-0.05, 0) is 60.0 Å². The van der Waals surface area contributed by atoms with Crippen LogP contribution in [0.1, 0.15) is 53.9 Å². The molecule has 2 N–H and O–H groups in total. The summed E-state index contributed by atoms with van der Waals surface area (Å²) in [5.74, 6) is 0. The Labute approximate surface area is 145 Å². The third-order valence-corrected chi connectivity index (χ3v) is 5.37. The average molecular weight is 364 g/mol. The molecule has 142 valence electrons. The minimum Gasteiger partial charge on any atom is -0.444 e. The summed E-state index contributed by atoms with van der Waals surface area (Å²) in [5.41, 5.74) is -0.599. The van der Waals surface area contributed by atoms with Gasteiger partial charge in [0.25, 0.3) is 0 Å². The third kappa shape index (κ3) is 7.97. The summed E-state index contributed by atoms with van der Waals surface area (Å²) in [4.78, 5) is 24.1. The molecule has 1 saturated heterocycles. The molecule has 0 radical (unpaired) electrons. The second-order valence-corrected chi connectivity index (χ2v) is 9.27. The van der Waals surface area contributed by atoms with Crippen LogP contribution in [0.15, 0.2) is 0 Å². The lowest BCUT2D eigenvalue weighted by molar-refractivity contribution is 0.0142. The number of hydrogen-bond donors (Lipinski definition) is 2. The van der Waals surface area contributed by atoms with Crippen LogP contribution in [0.25, 0.3) is 0 Å². The van der Waals surface area contributed by atoms with Crippen molar-refractivity contribution in [2.24, 2.45) is 0 Å². The van der Waals surface area contributed by atoms with Gasteiger partial charge >= 0.3 is 13.7 Å². The first-order valence-corrected chi connectivity index (χ1v) is 10.5. The molecule has 1 amide bonds. The number of carbonyl (C=O) groups is 1. The molecule has 1 fully saturated rings. The van der Waals surface area contributed by atoms with Crippen molar-refractivity contribution < 1.29 is 23.5 Å². The minimum atomic E-state index is -3.73. The molecule has 0 spiro atoms. The maximum atomic E-state index is 12.5. The van der Waals surface area contributed by atoms with E-state index in [9.17, 15) is 14.3 Å². The van der Waals surface area contributed by atoms with Gasteiger partial charge in [0.1, 0.15) is 5.60 Å². The Morgan fingerprint density at radius 1 is 1.38 bits per heavy atom. The third-order valence-electron chi connectivity index (χ3n) is 3.92. The summed E-state index contributed by atoms with van der Waals surface area (Å²) >= 11 is 0. The molecular weight excluding hydrogens is 331 g/mol. The van der Waals surface area contributed by atoms with Crippen LogP contribution in [0.3, 0.4) is 0 Å². The molecule has 0 aromatic heterocycles. The zero-order chi connectivity index (χ0) is 18.4. The van der Waals surface area contributed by atoms with Gasteiger partial charge < -0.3 is 24.4 Å². The van der Waals surface area contributed by atoms with Crippen molar-refractivity contribution in [3.63, 3.8) is 0 Å². The minimum absolute atomic E-state index is 0.0182. The zero-order valence-electron chi connectivity index (χ0n) is 15.6. The van der Waals surface area contributed by atoms with Crippen molar-refractivity contribution in [2.75, 3.05) is 25.8 Å². The lowest BCUT2D eigenvalue weighted by Crippen LogP contribution is -2.48. The van der Waals surface area contributed by atoms with Gasteiger partial charge in [0.05, 0.1) is 12.3 Å². The first-order chi connectivity index (χ1) is 11.0. The highest BCUT2D eigenvalue weighted by Gasteiger charge is 2.32. The highest BCUT2D eigenvalue weighted by atomic mass is 31.2. The summed E-state index contributed by atoms with van der Waals surface area (Å²) in [6.07, 6.45) is 1.48. The Kier molecular flexibility index (Phi) is 8.20. The van der Waals surface area contributed by atoms with Gasteiger partial charge in [0.15, 0.2) is 0 Å². The molecule has 1 rings (SSSR count). The van der Waals surface area contributed by atoms with Gasteiger partial charge in [0.2, 0.25) is 0 Å². The number of carbonyl (C=O) groups excluding carboxylic acids is 1. The highest BCUT2D eigenvalue weighted by Crippen LogP contribution is 2.43. The molecule has 2 unspecified atom stereocenters. The fraction of sp³-hybridized carbons (Fsp3) is 0.938. The molecule has 1 aliphatic rings. The number of amides is 1. The molecule has 1 aliphatic heterocycles. The number of rotatable bonds is 7. The van der Waals surface area contributed by atoms with E-state index in [0.717, 1.165) is 25.9 Å². The van der Waals surface area contributed by atoms with Crippen molar-refractivity contribution in [1.82, 2.24) is 10.2 Å². The van der Waals surface area contributed by atoms with Gasteiger partial charge in [0, 0.05) is 12.6 Å². The van der Waals surface area contributed by atoms with Crippen LogP contribution in [0.5, 0.6) is 0 Å². The van der Waals surface area contributed by atoms with Gasteiger partial charge in [-0.1, -0.05) is 6.92 Å². The summed E-state index contributed by atoms with van der Waals surface area (Å²) in [6.45, 7) is 10.9. The van der Waals surface area contributed by atoms with Crippen LogP contribution in [0.2, 0.25) is 0 Å². The van der Waals surface area contributed by atoms with E-state index < -0.39 is 19.3 Å². The quantitative estimate of drug-likeness (QED) is 0.675. The van der Waals surface area contributed by atoms with Crippen molar-refractivity contribution in [2.45, 2.75) is 71.6 Å². The maximum Gasteiger partial charge on any atom is 0.410 e. The van der Waals surface area contributed by atoms with Gasteiger partial charge in [-0.3, -0.25) is 4.57 Å². The Morgan fingerprint density at radius 3 is 2.46 bits per heavy atom. The summed E-state index contributed by atoms with van der Waals surface area (Å²) in [6, 6.07) is 0.0182. The number of piperidine rings is 1. The summed E-state index contributed by atoms with van der Waals surface area (Å²) in [7, 11) is -3.73. The van der Waals surface area contributed by atoms with Crippen LogP contribution in [0, 0.1) is 0 Å². The van der Waals surface area contributed by atoms with Crippen LogP contribution >= 0.6 is 7.60 Å². The predicted octanol–water partition coefficient (Wildman–Crippen LogP) is 2.98. The van der Waals surface area contributed by atoms with E-state index in [1.54, 1.807) is 11.8 Å². The van der Waals surface area contributed by atoms with E-state index in [-0.39, 0.29) is 24.9 Å². The first kappa shape index (κ1) is 21.4. The van der Waals surface area contributed by atoms with E-state index in [0.29, 0.717) is 6.42 Å². The Hall–Kier alpha value is -0.620. The number of hydrogen-bond acceptors (Lipinski definition) is 5. The number of nitrogens with one attached hydrogen (secondary N) is 1. The molecule has 2 atom stereocenters. The van der Waals surface area contributed by atoms with Gasteiger partial charge in [-0.25, -0.2) is 4.79 Å². The van der Waals surface area contributed by atoms with E-state index in [1.807, 2.05) is 27.7 Å². The molecule has 0 aliphatic carbocycles. The smallest absolute Gasteiger partial charge is 0.410 e. The molecule has 8 heteroatoms. The van der Waals surface area contributed by atoms with Crippen LogP contribution < -0.4 is 5.32 Å². The topological polar surface area (TPSA) is 88.1 Å². The molecule has 24 heavy (non-hydrogen) atoms. The van der Waals surface area contributed by atoms with E-state index in [4.69, 9.17) is 9.26 Å². The number of nitrogens with zero attached hydrogens (tertiary/aromatic N) is 1. The van der Waals surface area contributed by atoms with Crippen LogP contribution in [0.4, 0.5) is 4.79 Å². The molecule has 0 aromatic rings. The first-order valence-electron chi connectivity index (χ1n) is 8.74. The summed E-state index contributed by atoms with van der Waals surface area (Å²) in [5, 5.41) is 3.26. The lowest BCUT2D eigenvalue weighted by Gasteiger charge is -2.36. The summed E-state index contributed by atoms with van der Waals surface area (Å²) < 4.78 is 22.9.